The molecule has 0 aromatic heterocycles. The van der Waals surface area contributed by atoms with Crippen molar-refractivity contribution in [1.82, 2.24) is 10.6 Å². The van der Waals surface area contributed by atoms with E-state index in [-0.39, 0.29) is 29.8 Å². The normalized spacial score (nSPS) is 21.6. The highest BCUT2D eigenvalue weighted by Crippen LogP contribution is 2.32. The fourth-order valence-corrected chi connectivity index (χ4v) is 4.69. The fourth-order valence-electron chi connectivity index (χ4n) is 2.92. The SMILES string of the molecule is CC(C)(C)[C@@H](NC(=O)NC[C@H]1CCCS1(=O)=O)c1ccccc1. The maximum atomic E-state index is 12.2. The van der Waals surface area contributed by atoms with Gasteiger partial charge in [0.2, 0.25) is 0 Å². The molecule has 0 aliphatic carbocycles. The van der Waals surface area contributed by atoms with Crippen molar-refractivity contribution in [2.24, 2.45) is 5.41 Å². The largest absolute Gasteiger partial charge is 0.337 e. The van der Waals surface area contributed by atoms with E-state index in [9.17, 15) is 13.2 Å². The van der Waals surface area contributed by atoms with Crippen LogP contribution < -0.4 is 10.6 Å². The average molecular weight is 338 g/mol. The Labute approximate surface area is 138 Å². The third-order valence-corrected chi connectivity index (χ3v) is 6.50. The van der Waals surface area contributed by atoms with Crippen molar-refractivity contribution in [3.05, 3.63) is 35.9 Å². The van der Waals surface area contributed by atoms with E-state index >= 15 is 0 Å². The molecule has 5 nitrogen and oxygen atoms in total. The van der Waals surface area contributed by atoms with Crippen LogP contribution in [0, 0.1) is 5.41 Å². The molecule has 0 spiro atoms. The highest BCUT2D eigenvalue weighted by atomic mass is 32.2. The summed E-state index contributed by atoms with van der Waals surface area (Å²) >= 11 is 0. The number of hydrogen-bond donors (Lipinski definition) is 2. The summed E-state index contributed by atoms with van der Waals surface area (Å²) in [6, 6.07) is 9.32. The number of carbonyl (C=O) groups excluding carboxylic acids is 1. The number of benzene rings is 1. The van der Waals surface area contributed by atoms with Gasteiger partial charge < -0.3 is 10.6 Å². The molecule has 6 heteroatoms. The lowest BCUT2D eigenvalue weighted by molar-refractivity contribution is 0.218. The summed E-state index contributed by atoms with van der Waals surface area (Å²) in [5, 5.41) is 5.26. The zero-order valence-corrected chi connectivity index (χ0v) is 14.8. The first-order valence-corrected chi connectivity index (χ1v) is 9.72. The van der Waals surface area contributed by atoms with Crippen LogP contribution in [0.1, 0.15) is 45.2 Å². The van der Waals surface area contributed by atoms with Crippen molar-refractivity contribution in [3.8, 4) is 0 Å². The summed E-state index contributed by atoms with van der Waals surface area (Å²) in [5.74, 6) is 0.232. The molecule has 0 unspecified atom stereocenters. The summed E-state index contributed by atoms with van der Waals surface area (Å²) in [7, 11) is -3.03. The Hall–Kier alpha value is -1.56. The molecule has 2 N–H and O–H groups in total. The lowest BCUT2D eigenvalue weighted by atomic mass is 9.82. The van der Waals surface area contributed by atoms with Gasteiger partial charge in [-0.1, -0.05) is 51.1 Å². The van der Waals surface area contributed by atoms with E-state index in [2.05, 4.69) is 31.4 Å². The second-order valence-electron chi connectivity index (χ2n) is 7.20. The number of rotatable bonds is 4. The molecule has 2 rings (SSSR count). The van der Waals surface area contributed by atoms with Gasteiger partial charge in [-0.2, -0.15) is 0 Å². The zero-order chi connectivity index (χ0) is 17.1. The molecular weight excluding hydrogens is 312 g/mol. The van der Waals surface area contributed by atoms with Crippen molar-refractivity contribution in [3.63, 3.8) is 0 Å². The Balaban J connectivity index is 1.99. The van der Waals surface area contributed by atoms with E-state index in [1.165, 1.54) is 0 Å². The van der Waals surface area contributed by atoms with Crippen LogP contribution in [0.25, 0.3) is 0 Å². The molecule has 0 bridgehead atoms. The van der Waals surface area contributed by atoms with E-state index in [1.807, 2.05) is 30.3 Å². The maximum Gasteiger partial charge on any atom is 0.315 e. The van der Waals surface area contributed by atoms with Gasteiger partial charge in [0, 0.05) is 6.54 Å². The van der Waals surface area contributed by atoms with Crippen LogP contribution in [0.2, 0.25) is 0 Å². The van der Waals surface area contributed by atoms with Gasteiger partial charge in [0.05, 0.1) is 17.0 Å². The number of nitrogens with one attached hydrogen (secondary N) is 2. The van der Waals surface area contributed by atoms with Gasteiger partial charge in [0.25, 0.3) is 0 Å². The molecule has 0 radical (unpaired) electrons. The number of amides is 2. The number of carbonyl (C=O) groups is 1. The quantitative estimate of drug-likeness (QED) is 0.886. The second-order valence-corrected chi connectivity index (χ2v) is 9.60. The van der Waals surface area contributed by atoms with Gasteiger partial charge in [0.15, 0.2) is 9.84 Å². The molecule has 1 aromatic rings. The summed E-state index contributed by atoms with van der Waals surface area (Å²) in [6.45, 7) is 6.37. The fraction of sp³-hybridized carbons (Fsp3) is 0.588. The average Bonchev–Trinajstić information content (AvgIpc) is 2.81. The van der Waals surface area contributed by atoms with Gasteiger partial charge in [-0.25, -0.2) is 13.2 Å². The summed E-state index contributed by atoms with van der Waals surface area (Å²) in [5.41, 5.74) is 0.877. The Morgan fingerprint density at radius 2 is 1.91 bits per heavy atom. The molecule has 2 amide bonds. The van der Waals surface area contributed by atoms with Crippen LogP contribution in [0.4, 0.5) is 4.79 Å². The molecule has 1 aliphatic rings. The maximum absolute atomic E-state index is 12.2. The zero-order valence-electron chi connectivity index (χ0n) is 14.0. The highest BCUT2D eigenvalue weighted by molar-refractivity contribution is 7.92. The minimum Gasteiger partial charge on any atom is -0.337 e. The number of urea groups is 1. The summed E-state index contributed by atoms with van der Waals surface area (Å²) in [4.78, 5) is 12.2. The topological polar surface area (TPSA) is 75.3 Å². The minimum absolute atomic E-state index is 0.149. The molecule has 1 aromatic carbocycles. The molecule has 1 saturated heterocycles. The van der Waals surface area contributed by atoms with Crippen LogP contribution in [0.15, 0.2) is 30.3 Å². The van der Waals surface area contributed by atoms with E-state index in [4.69, 9.17) is 0 Å². The first kappa shape index (κ1) is 17.8. The van der Waals surface area contributed by atoms with Crippen molar-refractivity contribution in [2.45, 2.75) is 44.9 Å². The van der Waals surface area contributed by atoms with Gasteiger partial charge in [-0.05, 0) is 23.8 Å². The number of sulfone groups is 1. The van der Waals surface area contributed by atoms with Crippen LogP contribution in [0.3, 0.4) is 0 Å². The van der Waals surface area contributed by atoms with E-state index < -0.39 is 15.1 Å². The smallest absolute Gasteiger partial charge is 0.315 e. The summed E-state index contributed by atoms with van der Waals surface area (Å²) < 4.78 is 23.6. The van der Waals surface area contributed by atoms with E-state index in [0.29, 0.717) is 12.8 Å². The van der Waals surface area contributed by atoms with Crippen molar-refractivity contribution in [2.75, 3.05) is 12.3 Å². The van der Waals surface area contributed by atoms with Crippen LogP contribution in [-0.4, -0.2) is 32.0 Å². The predicted molar refractivity (Wildman–Crippen MR) is 92.0 cm³/mol. The van der Waals surface area contributed by atoms with E-state index in [1.54, 1.807) is 0 Å². The van der Waals surface area contributed by atoms with Crippen LogP contribution >= 0.6 is 0 Å². The lowest BCUT2D eigenvalue weighted by Crippen LogP contribution is -2.45. The first-order chi connectivity index (χ1) is 10.7. The third-order valence-electron chi connectivity index (χ3n) is 4.23. The molecule has 0 saturated carbocycles. The van der Waals surface area contributed by atoms with Gasteiger partial charge in [-0.15, -0.1) is 0 Å². The van der Waals surface area contributed by atoms with Gasteiger partial charge in [-0.3, -0.25) is 0 Å². The molecule has 1 aliphatic heterocycles. The van der Waals surface area contributed by atoms with Crippen molar-refractivity contribution in [1.29, 1.82) is 0 Å². The second kappa shape index (κ2) is 6.91. The molecule has 128 valence electrons. The Morgan fingerprint density at radius 3 is 2.43 bits per heavy atom. The first-order valence-electron chi connectivity index (χ1n) is 8.01. The molecular formula is C17H26N2O3S. The number of hydrogen-bond acceptors (Lipinski definition) is 3. The lowest BCUT2D eigenvalue weighted by Gasteiger charge is -2.32. The van der Waals surface area contributed by atoms with E-state index in [0.717, 1.165) is 5.56 Å². The van der Waals surface area contributed by atoms with Gasteiger partial charge in [0.1, 0.15) is 0 Å². The molecule has 1 heterocycles. The molecule has 2 atom stereocenters. The summed E-state index contributed by atoms with van der Waals surface area (Å²) in [6.07, 6.45) is 1.31. The molecule has 1 fully saturated rings. The Morgan fingerprint density at radius 1 is 1.26 bits per heavy atom. The Bertz CT molecular complexity index is 636. The van der Waals surface area contributed by atoms with Crippen molar-refractivity contribution < 1.29 is 13.2 Å². The predicted octanol–water partition coefficient (Wildman–Crippen LogP) is 2.65. The minimum atomic E-state index is -3.03. The highest BCUT2D eigenvalue weighted by Gasteiger charge is 2.32. The standard InChI is InChI=1S/C17H26N2O3S/c1-17(2,3)15(13-8-5-4-6-9-13)19-16(20)18-12-14-10-7-11-23(14,21)22/h4-6,8-9,14-15H,7,10-12H2,1-3H3,(H2,18,19,20)/t14-,15+/m1/s1. The third kappa shape index (κ3) is 4.70. The van der Waals surface area contributed by atoms with Crippen LogP contribution in [-0.2, 0) is 9.84 Å². The monoisotopic (exact) mass is 338 g/mol. The molecule has 23 heavy (non-hydrogen) atoms. The van der Waals surface area contributed by atoms with Gasteiger partial charge >= 0.3 is 6.03 Å². The Kier molecular flexibility index (Phi) is 5.34. The van der Waals surface area contributed by atoms with Crippen molar-refractivity contribution >= 4 is 15.9 Å². The van der Waals surface area contributed by atoms with Crippen LogP contribution in [0.5, 0.6) is 0 Å².